The second-order valence-electron chi connectivity index (χ2n) is 2.99. The van der Waals surface area contributed by atoms with Gasteiger partial charge in [0, 0.05) is 0 Å². The van der Waals surface area contributed by atoms with Gasteiger partial charge >= 0.3 is 5.69 Å². The summed E-state index contributed by atoms with van der Waals surface area (Å²) in [5.41, 5.74) is -2.06. The molecule has 1 aromatic heterocycles. The van der Waals surface area contributed by atoms with Crippen molar-refractivity contribution in [3.05, 3.63) is 22.0 Å². The lowest BCUT2D eigenvalue weighted by Crippen LogP contribution is -2.18. The van der Waals surface area contributed by atoms with E-state index < -0.39 is 43.4 Å². The molecule has 1 heterocycles. The zero-order valence-corrected chi connectivity index (χ0v) is 9.65. The van der Waals surface area contributed by atoms with E-state index in [4.69, 9.17) is 5.14 Å². The lowest BCUT2D eigenvalue weighted by atomic mass is 10.3. The van der Waals surface area contributed by atoms with Gasteiger partial charge in [0.1, 0.15) is 11.9 Å². The summed E-state index contributed by atoms with van der Waals surface area (Å²) in [6.45, 7) is 0. The topological polar surface area (TPSA) is 125 Å². The highest BCUT2D eigenvalue weighted by molar-refractivity contribution is 7.89. The molecule has 0 aliphatic rings. The maximum atomic E-state index is 12.6. The number of hydrogen-bond donors (Lipinski definition) is 1. The number of aromatic nitrogens is 1. The van der Waals surface area contributed by atoms with Crippen LogP contribution in [0.4, 0.5) is 14.5 Å². The van der Waals surface area contributed by atoms with Gasteiger partial charge in [-0.3, -0.25) is 10.1 Å². The summed E-state index contributed by atoms with van der Waals surface area (Å²) < 4.78 is 52.1. The molecule has 18 heavy (non-hydrogen) atoms. The summed E-state index contributed by atoms with van der Waals surface area (Å²) in [5, 5.41) is 15.3. The number of pyridine rings is 1. The van der Waals surface area contributed by atoms with Crippen LogP contribution >= 0.6 is 0 Å². The highest BCUT2D eigenvalue weighted by Crippen LogP contribution is 2.37. The molecule has 0 unspecified atom stereocenters. The average Bonchev–Trinajstić information content (AvgIpc) is 2.25. The normalized spacial score (nSPS) is 11.6. The van der Waals surface area contributed by atoms with Gasteiger partial charge in [0.15, 0.2) is 4.90 Å². The third-order valence-electron chi connectivity index (χ3n) is 1.89. The van der Waals surface area contributed by atoms with Crippen molar-refractivity contribution in [1.82, 2.24) is 4.98 Å². The minimum atomic E-state index is -4.65. The Morgan fingerprint density at radius 2 is 2.11 bits per heavy atom. The van der Waals surface area contributed by atoms with Gasteiger partial charge in [0.25, 0.3) is 6.43 Å². The minimum Gasteiger partial charge on any atom is -0.489 e. The summed E-state index contributed by atoms with van der Waals surface area (Å²) in [6.07, 6.45) is -2.79. The fourth-order valence-electron chi connectivity index (χ4n) is 1.24. The first-order chi connectivity index (χ1) is 8.20. The maximum Gasteiger partial charge on any atom is 0.330 e. The maximum absolute atomic E-state index is 12.6. The van der Waals surface area contributed by atoms with E-state index in [-0.39, 0.29) is 0 Å². The molecule has 1 aromatic rings. The van der Waals surface area contributed by atoms with E-state index in [2.05, 4.69) is 9.72 Å². The third-order valence-corrected chi connectivity index (χ3v) is 2.85. The van der Waals surface area contributed by atoms with Gasteiger partial charge in [-0.1, -0.05) is 0 Å². The predicted molar refractivity (Wildman–Crippen MR) is 53.8 cm³/mol. The number of nitro groups is 1. The van der Waals surface area contributed by atoms with Gasteiger partial charge < -0.3 is 4.74 Å². The summed E-state index contributed by atoms with van der Waals surface area (Å²) in [6, 6.07) is 0. The number of ether oxygens (including phenoxy) is 1. The second-order valence-corrected chi connectivity index (χ2v) is 4.49. The molecule has 2 N–H and O–H groups in total. The minimum absolute atomic E-state index is 0.481. The summed E-state index contributed by atoms with van der Waals surface area (Å²) in [7, 11) is -3.75. The molecule has 8 nitrogen and oxygen atoms in total. The van der Waals surface area contributed by atoms with Crippen molar-refractivity contribution < 1.29 is 26.9 Å². The molecule has 0 aromatic carbocycles. The summed E-state index contributed by atoms with van der Waals surface area (Å²) in [5.74, 6) is -0.868. The van der Waals surface area contributed by atoms with Crippen LogP contribution in [0.15, 0.2) is 11.1 Å². The standard InChI is InChI=1S/C7H7F2N3O5S/c1-17-5-3(12(13)14)2-11-4(7(8)9)6(5)18(10,15)16/h2,7H,1H3,(H2,10,15,16). The van der Waals surface area contributed by atoms with Crippen molar-refractivity contribution in [3.8, 4) is 5.75 Å². The van der Waals surface area contributed by atoms with Crippen molar-refractivity contribution >= 4 is 15.7 Å². The van der Waals surface area contributed by atoms with Gasteiger partial charge in [0.05, 0.1) is 12.0 Å². The number of primary sulfonamides is 1. The van der Waals surface area contributed by atoms with Crippen LogP contribution in [0.1, 0.15) is 12.1 Å². The Balaban J connectivity index is 3.79. The first-order valence-electron chi connectivity index (χ1n) is 4.22. The first-order valence-corrected chi connectivity index (χ1v) is 5.77. The van der Waals surface area contributed by atoms with Crippen LogP contribution < -0.4 is 9.88 Å². The molecule has 1 rings (SSSR count). The lowest BCUT2D eigenvalue weighted by Gasteiger charge is -2.10. The molecular weight excluding hydrogens is 276 g/mol. The van der Waals surface area contributed by atoms with Gasteiger partial charge in [-0.15, -0.1) is 0 Å². The van der Waals surface area contributed by atoms with Crippen LogP contribution in [-0.2, 0) is 10.0 Å². The Kier molecular flexibility index (Phi) is 3.76. The SMILES string of the molecule is COc1c([N+](=O)[O-])cnc(C(F)F)c1S(N)(=O)=O. The number of nitrogens with zero attached hydrogens (tertiary/aromatic N) is 2. The number of rotatable bonds is 4. The van der Waals surface area contributed by atoms with E-state index in [9.17, 15) is 27.3 Å². The van der Waals surface area contributed by atoms with Gasteiger partial charge in [-0.25, -0.2) is 27.3 Å². The van der Waals surface area contributed by atoms with Crippen LogP contribution in [0.3, 0.4) is 0 Å². The van der Waals surface area contributed by atoms with Gasteiger partial charge in [0.2, 0.25) is 15.8 Å². The van der Waals surface area contributed by atoms with E-state index in [1.165, 1.54) is 0 Å². The van der Waals surface area contributed by atoms with E-state index in [1.54, 1.807) is 0 Å². The van der Waals surface area contributed by atoms with Crippen molar-refractivity contribution in [1.29, 1.82) is 0 Å². The molecular formula is C7H7F2N3O5S. The molecule has 0 aliphatic heterocycles. The number of halogens is 2. The van der Waals surface area contributed by atoms with E-state index in [0.29, 0.717) is 6.20 Å². The highest BCUT2D eigenvalue weighted by Gasteiger charge is 2.33. The number of sulfonamides is 1. The number of alkyl halides is 2. The third kappa shape index (κ3) is 2.51. The summed E-state index contributed by atoms with van der Waals surface area (Å²) >= 11 is 0. The second kappa shape index (κ2) is 4.78. The molecule has 0 fully saturated rings. The van der Waals surface area contributed by atoms with Crippen molar-refractivity contribution in [2.45, 2.75) is 11.3 Å². The van der Waals surface area contributed by atoms with Crippen molar-refractivity contribution in [2.75, 3.05) is 7.11 Å². The molecule has 0 aliphatic carbocycles. The smallest absolute Gasteiger partial charge is 0.330 e. The van der Waals surface area contributed by atoms with Crippen molar-refractivity contribution in [3.63, 3.8) is 0 Å². The number of methoxy groups -OCH3 is 1. The average molecular weight is 283 g/mol. The van der Waals surface area contributed by atoms with Gasteiger partial charge in [-0.2, -0.15) is 0 Å². The molecule has 11 heteroatoms. The highest BCUT2D eigenvalue weighted by atomic mass is 32.2. The van der Waals surface area contributed by atoms with Crippen LogP contribution in [-0.4, -0.2) is 25.4 Å². The fraction of sp³-hybridized carbons (Fsp3) is 0.286. The van der Waals surface area contributed by atoms with Crippen LogP contribution in [0.2, 0.25) is 0 Å². The molecule has 100 valence electrons. The Morgan fingerprint density at radius 1 is 1.56 bits per heavy atom. The Bertz CT molecular complexity index is 589. The van der Waals surface area contributed by atoms with Crippen LogP contribution in [0.25, 0.3) is 0 Å². The molecule has 0 spiro atoms. The quantitative estimate of drug-likeness (QED) is 0.636. The number of nitrogens with two attached hydrogens (primary N) is 1. The van der Waals surface area contributed by atoms with Gasteiger partial charge in [-0.05, 0) is 0 Å². The summed E-state index contributed by atoms with van der Waals surface area (Å²) in [4.78, 5) is 11.4. The van der Waals surface area contributed by atoms with Crippen LogP contribution in [0, 0.1) is 10.1 Å². The Labute approximate surface area is 99.6 Å². The largest absolute Gasteiger partial charge is 0.489 e. The lowest BCUT2D eigenvalue weighted by molar-refractivity contribution is -0.386. The molecule has 0 amide bonds. The predicted octanol–water partition coefficient (Wildman–Crippen LogP) is 0.583. The molecule has 0 bridgehead atoms. The zero-order valence-electron chi connectivity index (χ0n) is 8.83. The van der Waals surface area contributed by atoms with Crippen LogP contribution in [0.5, 0.6) is 5.75 Å². The van der Waals surface area contributed by atoms with E-state index in [1.807, 2.05) is 0 Å². The van der Waals surface area contributed by atoms with E-state index >= 15 is 0 Å². The monoisotopic (exact) mass is 283 g/mol. The van der Waals surface area contributed by atoms with Crippen molar-refractivity contribution in [2.24, 2.45) is 5.14 Å². The Hall–Kier alpha value is -1.88. The molecule has 0 atom stereocenters. The Morgan fingerprint density at radius 3 is 2.44 bits per heavy atom. The molecule has 0 saturated heterocycles. The van der Waals surface area contributed by atoms with E-state index in [0.717, 1.165) is 7.11 Å². The first kappa shape index (κ1) is 14.2. The molecule has 0 saturated carbocycles. The zero-order chi connectivity index (χ0) is 14.1. The number of hydrogen-bond acceptors (Lipinski definition) is 6. The molecule has 0 radical (unpaired) electrons. The fourth-order valence-corrected chi connectivity index (χ4v) is 2.12.